The standard InChI is InChI=1S/C23H23FN8OS/c24-21-16-3-1-2-13(27-16)9-17(21)32(14-5-6-14)19-11-26-22(30-28-19)15-7-4-12(8-18(15)33)23-31-29-20(10-25)34-23/h4,7-8,11,13-14,16-17,21,27,33H,1-3,5-6,9H2/t13-,16+,17-,21+/m0/s1. The number of anilines is 1. The zero-order chi connectivity index (χ0) is 23.2. The van der Waals surface area contributed by atoms with Gasteiger partial charge >= 0.3 is 0 Å². The molecule has 0 radical (unpaired) electrons. The first kappa shape index (κ1) is 21.3. The number of nitrogens with zero attached hydrogens (tertiary/aromatic N) is 7. The van der Waals surface area contributed by atoms with Gasteiger partial charge in [0.05, 0.1) is 17.8 Å². The molecule has 2 N–H and O–H groups in total. The van der Waals surface area contributed by atoms with Gasteiger partial charge < -0.3 is 15.3 Å². The molecule has 3 fully saturated rings. The molecular formula is C23H23FN8OS. The summed E-state index contributed by atoms with van der Waals surface area (Å²) in [5.74, 6) is 0.861. The van der Waals surface area contributed by atoms with Crippen LogP contribution in [0.3, 0.4) is 0 Å². The molecule has 34 heavy (non-hydrogen) atoms. The van der Waals surface area contributed by atoms with E-state index < -0.39 is 6.17 Å². The first-order chi connectivity index (χ1) is 16.6. The molecule has 1 aromatic carbocycles. The lowest BCUT2D eigenvalue weighted by atomic mass is 9.82. The predicted molar refractivity (Wildman–Crippen MR) is 124 cm³/mol. The molecular weight excluding hydrogens is 455 g/mol. The Morgan fingerprint density at radius 2 is 2.03 bits per heavy atom. The summed E-state index contributed by atoms with van der Waals surface area (Å²) >= 11 is 1.15. The van der Waals surface area contributed by atoms with Crippen LogP contribution in [0.15, 0.2) is 24.4 Å². The minimum absolute atomic E-state index is 0.0187. The number of nitrogens with one attached hydrogen (secondary N) is 1. The smallest absolute Gasteiger partial charge is 0.218 e. The van der Waals surface area contributed by atoms with Crippen molar-refractivity contribution in [2.75, 3.05) is 4.90 Å². The summed E-state index contributed by atoms with van der Waals surface area (Å²) in [6.07, 6.45) is 6.55. The highest BCUT2D eigenvalue weighted by atomic mass is 32.1. The summed E-state index contributed by atoms with van der Waals surface area (Å²) in [4.78, 5) is 6.57. The van der Waals surface area contributed by atoms with Crippen LogP contribution in [-0.2, 0) is 0 Å². The van der Waals surface area contributed by atoms with E-state index >= 15 is 4.39 Å². The lowest BCUT2D eigenvalue weighted by Crippen LogP contribution is -2.62. The van der Waals surface area contributed by atoms with Crippen LogP contribution in [0, 0.1) is 11.3 Å². The lowest BCUT2D eigenvalue weighted by molar-refractivity contribution is 0.104. The zero-order valence-corrected chi connectivity index (χ0v) is 19.1. The number of halogens is 1. The third-order valence-electron chi connectivity index (χ3n) is 6.91. The second-order valence-corrected chi connectivity index (χ2v) is 10.2. The fraction of sp³-hybridized carbons (Fsp3) is 0.478. The van der Waals surface area contributed by atoms with Crippen molar-refractivity contribution in [1.82, 2.24) is 30.7 Å². The molecule has 2 aromatic heterocycles. The van der Waals surface area contributed by atoms with Crippen LogP contribution in [0.2, 0.25) is 0 Å². The van der Waals surface area contributed by atoms with Crippen LogP contribution in [0.25, 0.3) is 22.0 Å². The Labute approximate surface area is 199 Å². The molecule has 3 aliphatic rings. The molecule has 4 atom stereocenters. The summed E-state index contributed by atoms with van der Waals surface area (Å²) in [6, 6.07) is 7.29. The van der Waals surface area contributed by atoms with Gasteiger partial charge in [0.2, 0.25) is 5.01 Å². The van der Waals surface area contributed by atoms with Gasteiger partial charge in [-0.25, -0.2) is 9.37 Å². The topological polar surface area (TPSA) is 124 Å². The number of nitriles is 1. The molecule has 0 amide bonds. The minimum Gasteiger partial charge on any atom is -0.507 e. The third-order valence-corrected chi connectivity index (χ3v) is 7.79. The molecule has 2 aliphatic heterocycles. The van der Waals surface area contributed by atoms with E-state index in [1.54, 1.807) is 24.4 Å². The number of aromatic nitrogens is 5. The van der Waals surface area contributed by atoms with Gasteiger partial charge in [-0.2, -0.15) is 5.26 Å². The number of rotatable bonds is 5. The number of phenolic OH excluding ortho intramolecular Hbond substituents is 1. The normalized spacial score (nSPS) is 26.1. The van der Waals surface area contributed by atoms with Crippen molar-refractivity contribution in [1.29, 1.82) is 5.26 Å². The molecule has 3 aromatic rings. The molecule has 9 nitrogen and oxygen atoms in total. The molecule has 6 rings (SSSR count). The van der Waals surface area contributed by atoms with Crippen LogP contribution in [0.1, 0.15) is 43.5 Å². The highest BCUT2D eigenvalue weighted by Gasteiger charge is 2.46. The number of aromatic hydroxyl groups is 1. The fourth-order valence-corrected chi connectivity index (χ4v) is 5.81. The van der Waals surface area contributed by atoms with Crippen molar-refractivity contribution in [2.45, 2.75) is 68.9 Å². The first-order valence-corrected chi connectivity index (χ1v) is 12.4. The fourth-order valence-electron chi connectivity index (χ4n) is 5.18. The molecule has 1 aliphatic carbocycles. The summed E-state index contributed by atoms with van der Waals surface area (Å²) in [5, 5.41) is 40.2. The Hall–Kier alpha value is -3.23. The third kappa shape index (κ3) is 3.86. The molecule has 174 valence electrons. The number of phenols is 1. The minimum atomic E-state index is -0.947. The number of hydrogen-bond acceptors (Lipinski definition) is 10. The van der Waals surface area contributed by atoms with Crippen LogP contribution in [-0.4, -0.2) is 60.8 Å². The average Bonchev–Trinajstić information content (AvgIpc) is 3.57. The average molecular weight is 479 g/mol. The molecule has 2 bridgehead atoms. The Bertz CT molecular complexity index is 1240. The quantitative estimate of drug-likeness (QED) is 0.569. The summed E-state index contributed by atoms with van der Waals surface area (Å²) in [6.45, 7) is 0. The Morgan fingerprint density at radius 1 is 1.15 bits per heavy atom. The van der Waals surface area contributed by atoms with Gasteiger partial charge in [0.1, 0.15) is 23.0 Å². The maximum absolute atomic E-state index is 15.4. The number of benzene rings is 1. The monoisotopic (exact) mass is 478 g/mol. The summed E-state index contributed by atoms with van der Waals surface area (Å²) in [7, 11) is 0. The Kier molecular flexibility index (Phi) is 5.34. The maximum atomic E-state index is 15.4. The zero-order valence-electron chi connectivity index (χ0n) is 18.3. The van der Waals surface area contributed by atoms with Gasteiger partial charge in [-0.05, 0) is 44.2 Å². The number of hydrogen-bond donors (Lipinski definition) is 2. The van der Waals surface area contributed by atoms with E-state index in [2.05, 4.69) is 35.6 Å². The van der Waals surface area contributed by atoms with Crippen molar-refractivity contribution in [3.05, 3.63) is 29.4 Å². The summed E-state index contributed by atoms with van der Waals surface area (Å²) in [5.41, 5.74) is 1.08. The van der Waals surface area contributed by atoms with Gasteiger partial charge in [0.15, 0.2) is 11.6 Å². The largest absolute Gasteiger partial charge is 0.507 e. The van der Waals surface area contributed by atoms with E-state index in [0.29, 0.717) is 28.0 Å². The molecule has 0 spiro atoms. The summed E-state index contributed by atoms with van der Waals surface area (Å²) < 4.78 is 15.4. The SMILES string of the molecule is N#Cc1nnc(-c2ccc(-c3ncc(N(C4CC4)[C@H]4C[C@@H]5CCC[C@@H](N5)[C@H]4F)nn3)c(O)c2)s1. The van der Waals surface area contributed by atoms with Crippen LogP contribution in [0.4, 0.5) is 10.2 Å². The second kappa shape index (κ2) is 8.52. The van der Waals surface area contributed by atoms with E-state index in [4.69, 9.17) is 5.26 Å². The number of fused-ring (bicyclic) bond motifs is 2. The van der Waals surface area contributed by atoms with Crippen molar-refractivity contribution in [3.63, 3.8) is 0 Å². The highest BCUT2D eigenvalue weighted by Crippen LogP contribution is 2.39. The van der Waals surface area contributed by atoms with E-state index in [0.717, 1.165) is 49.9 Å². The molecule has 2 saturated heterocycles. The lowest BCUT2D eigenvalue weighted by Gasteiger charge is -2.47. The molecule has 0 unspecified atom stereocenters. The van der Waals surface area contributed by atoms with Gasteiger partial charge in [0, 0.05) is 23.7 Å². The van der Waals surface area contributed by atoms with E-state index in [-0.39, 0.29) is 34.7 Å². The number of piperidine rings is 2. The van der Waals surface area contributed by atoms with E-state index in [1.807, 2.05) is 6.07 Å². The van der Waals surface area contributed by atoms with Crippen molar-refractivity contribution in [2.24, 2.45) is 0 Å². The van der Waals surface area contributed by atoms with Gasteiger partial charge in [-0.15, -0.1) is 20.4 Å². The van der Waals surface area contributed by atoms with E-state index in [1.165, 1.54) is 0 Å². The molecule has 4 heterocycles. The van der Waals surface area contributed by atoms with Gasteiger partial charge in [-0.3, -0.25) is 0 Å². The second-order valence-electron chi connectivity index (χ2n) is 9.18. The van der Waals surface area contributed by atoms with Crippen LogP contribution in [0.5, 0.6) is 5.75 Å². The predicted octanol–water partition coefficient (Wildman–Crippen LogP) is 3.22. The Morgan fingerprint density at radius 3 is 2.74 bits per heavy atom. The maximum Gasteiger partial charge on any atom is 0.218 e. The molecule has 11 heteroatoms. The number of alkyl halides is 1. The van der Waals surface area contributed by atoms with E-state index in [9.17, 15) is 5.11 Å². The van der Waals surface area contributed by atoms with Crippen molar-refractivity contribution in [3.8, 4) is 33.8 Å². The Balaban J connectivity index is 1.25. The van der Waals surface area contributed by atoms with Crippen LogP contribution < -0.4 is 10.2 Å². The van der Waals surface area contributed by atoms with Crippen molar-refractivity contribution >= 4 is 17.2 Å². The van der Waals surface area contributed by atoms with Crippen LogP contribution >= 0.6 is 11.3 Å². The van der Waals surface area contributed by atoms with Gasteiger partial charge in [-0.1, -0.05) is 23.8 Å². The van der Waals surface area contributed by atoms with Crippen molar-refractivity contribution < 1.29 is 9.50 Å². The highest BCUT2D eigenvalue weighted by molar-refractivity contribution is 7.15. The first-order valence-electron chi connectivity index (χ1n) is 11.6. The van der Waals surface area contributed by atoms with Gasteiger partial charge in [0.25, 0.3) is 0 Å². The molecule has 1 saturated carbocycles.